The molecule has 0 aliphatic heterocycles. The van der Waals surface area contributed by atoms with Gasteiger partial charge in [-0.25, -0.2) is 0 Å². The molecule has 0 heteroatoms. The predicted molar refractivity (Wildman–Crippen MR) is 95.9 cm³/mol. The standard InChI is InChI=1S/C21H36/c1-8-14-21(6,7)16-19(15-20(4,5)9-2)18-12-10-17(3)11-13-18/h10-13,19H,8-9,14-16H2,1-7H3. The van der Waals surface area contributed by atoms with E-state index in [-0.39, 0.29) is 0 Å². The van der Waals surface area contributed by atoms with Crippen LogP contribution in [0.5, 0.6) is 0 Å². The minimum Gasteiger partial charge on any atom is -0.0654 e. The Bertz CT molecular complexity index is 408. The Kier molecular flexibility index (Phi) is 6.50. The summed E-state index contributed by atoms with van der Waals surface area (Å²) in [5.74, 6) is 0.682. The van der Waals surface area contributed by atoms with Gasteiger partial charge in [0.05, 0.1) is 0 Å². The van der Waals surface area contributed by atoms with Crippen LogP contribution in [0.4, 0.5) is 0 Å². The lowest BCUT2D eigenvalue weighted by Crippen LogP contribution is -2.21. The van der Waals surface area contributed by atoms with Crippen molar-refractivity contribution in [2.45, 2.75) is 86.5 Å². The Morgan fingerprint density at radius 1 is 0.857 bits per heavy atom. The van der Waals surface area contributed by atoms with Crippen LogP contribution in [0.1, 0.15) is 90.7 Å². The molecule has 0 saturated carbocycles. The van der Waals surface area contributed by atoms with Crippen molar-refractivity contribution in [1.29, 1.82) is 0 Å². The van der Waals surface area contributed by atoms with Gasteiger partial charge < -0.3 is 0 Å². The summed E-state index contributed by atoms with van der Waals surface area (Å²) in [6.45, 7) is 16.5. The van der Waals surface area contributed by atoms with Gasteiger partial charge in [-0.2, -0.15) is 0 Å². The van der Waals surface area contributed by atoms with Gasteiger partial charge in [-0.05, 0) is 48.5 Å². The van der Waals surface area contributed by atoms with Crippen LogP contribution in [0.2, 0.25) is 0 Å². The van der Waals surface area contributed by atoms with Crippen LogP contribution in [0.25, 0.3) is 0 Å². The molecule has 120 valence electrons. The third-order valence-electron chi connectivity index (χ3n) is 5.03. The van der Waals surface area contributed by atoms with Crippen LogP contribution in [0.15, 0.2) is 24.3 Å². The first-order valence-corrected chi connectivity index (χ1v) is 8.75. The predicted octanol–water partition coefficient (Wildman–Crippen LogP) is 7.12. The van der Waals surface area contributed by atoms with Gasteiger partial charge >= 0.3 is 0 Å². The molecule has 0 heterocycles. The maximum absolute atomic E-state index is 2.44. The summed E-state index contributed by atoms with van der Waals surface area (Å²) in [6.07, 6.45) is 6.45. The zero-order valence-electron chi connectivity index (χ0n) is 15.4. The second kappa shape index (κ2) is 7.47. The Hall–Kier alpha value is -0.780. The molecule has 1 aromatic carbocycles. The summed E-state index contributed by atoms with van der Waals surface area (Å²) in [5, 5.41) is 0. The highest BCUT2D eigenvalue weighted by Gasteiger charge is 2.28. The van der Waals surface area contributed by atoms with Gasteiger partial charge in [0.2, 0.25) is 0 Å². The molecule has 1 unspecified atom stereocenters. The van der Waals surface area contributed by atoms with Crippen molar-refractivity contribution >= 4 is 0 Å². The van der Waals surface area contributed by atoms with E-state index >= 15 is 0 Å². The van der Waals surface area contributed by atoms with E-state index in [0.717, 1.165) is 0 Å². The number of hydrogen-bond acceptors (Lipinski definition) is 0. The van der Waals surface area contributed by atoms with Crippen LogP contribution in [-0.4, -0.2) is 0 Å². The van der Waals surface area contributed by atoms with Crippen molar-refractivity contribution in [2.24, 2.45) is 10.8 Å². The van der Waals surface area contributed by atoms with E-state index in [2.05, 4.69) is 72.7 Å². The highest BCUT2D eigenvalue weighted by atomic mass is 14.3. The third kappa shape index (κ3) is 6.24. The lowest BCUT2D eigenvalue weighted by molar-refractivity contribution is 0.222. The van der Waals surface area contributed by atoms with E-state index in [1.807, 2.05) is 0 Å². The molecule has 21 heavy (non-hydrogen) atoms. The molecule has 0 nitrogen and oxygen atoms in total. The van der Waals surface area contributed by atoms with Crippen LogP contribution >= 0.6 is 0 Å². The van der Waals surface area contributed by atoms with Crippen molar-refractivity contribution in [3.8, 4) is 0 Å². The van der Waals surface area contributed by atoms with E-state index in [0.29, 0.717) is 16.7 Å². The van der Waals surface area contributed by atoms with Gasteiger partial charge in [-0.1, -0.05) is 84.2 Å². The van der Waals surface area contributed by atoms with Crippen molar-refractivity contribution in [3.63, 3.8) is 0 Å². The minimum atomic E-state index is 0.428. The molecule has 1 aromatic rings. The highest BCUT2D eigenvalue weighted by Crippen LogP contribution is 2.42. The molecule has 0 bridgehead atoms. The molecule has 0 fully saturated rings. The van der Waals surface area contributed by atoms with Crippen molar-refractivity contribution in [3.05, 3.63) is 35.4 Å². The first-order valence-electron chi connectivity index (χ1n) is 8.75. The smallest absolute Gasteiger partial charge is 0.0152 e. The number of hydrogen-bond donors (Lipinski definition) is 0. The molecule has 0 aliphatic rings. The fraction of sp³-hybridized carbons (Fsp3) is 0.714. The zero-order valence-corrected chi connectivity index (χ0v) is 15.4. The molecule has 0 aliphatic carbocycles. The van der Waals surface area contributed by atoms with Gasteiger partial charge in [0.15, 0.2) is 0 Å². The highest BCUT2D eigenvalue weighted by molar-refractivity contribution is 5.25. The molecule has 0 aromatic heterocycles. The summed E-state index contributed by atoms with van der Waals surface area (Å²) in [4.78, 5) is 0. The van der Waals surface area contributed by atoms with Gasteiger partial charge in [0, 0.05) is 0 Å². The molecular formula is C21H36. The summed E-state index contributed by atoms with van der Waals surface area (Å²) >= 11 is 0. The van der Waals surface area contributed by atoms with E-state index in [9.17, 15) is 0 Å². The molecule has 0 spiro atoms. The Morgan fingerprint density at radius 3 is 1.86 bits per heavy atom. The van der Waals surface area contributed by atoms with Gasteiger partial charge in [-0.15, -0.1) is 0 Å². The average Bonchev–Trinajstić information content (AvgIpc) is 2.38. The van der Waals surface area contributed by atoms with Crippen LogP contribution in [0, 0.1) is 17.8 Å². The Morgan fingerprint density at radius 2 is 1.38 bits per heavy atom. The van der Waals surface area contributed by atoms with Crippen LogP contribution in [0.3, 0.4) is 0 Å². The van der Waals surface area contributed by atoms with Crippen molar-refractivity contribution in [1.82, 2.24) is 0 Å². The lowest BCUT2D eigenvalue weighted by atomic mass is 9.70. The first kappa shape index (κ1) is 18.3. The van der Waals surface area contributed by atoms with Crippen LogP contribution < -0.4 is 0 Å². The Labute approximate surface area is 133 Å². The van der Waals surface area contributed by atoms with Gasteiger partial charge in [0.25, 0.3) is 0 Å². The summed E-state index contributed by atoms with van der Waals surface area (Å²) < 4.78 is 0. The molecule has 0 radical (unpaired) electrons. The zero-order chi connectivity index (χ0) is 16.1. The monoisotopic (exact) mass is 288 g/mol. The van der Waals surface area contributed by atoms with E-state index in [4.69, 9.17) is 0 Å². The fourth-order valence-electron chi connectivity index (χ4n) is 3.40. The number of rotatable bonds is 8. The lowest BCUT2D eigenvalue weighted by Gasteiger charge is -2.35. The summed E-state index contributed by atoms with van der Waals surface area (Å²) in [5.41, 5.74) is 3.76. The second-order valence-corrected chi connectivity index (χ2v) is 8.45. The topological polar surface area (TPSA) is 0 Å². The number of aryl methyl sites for hydroxylation is 1. The van der Waals surface area contributed by atoms with E-state index in [1.54, 1.807) is 0 Å². The quantitative estimate of drug-likeness (QED) is 0.477. The third-order valence-corrected chi connectivity index (χ3v) is 5.03. The molecule has 0 N–H and O–H groups in total. The molecule has 1 atom stereocenters. The minimum absolute atomic E-state index is 0.428. The maximum Gasteiger partial charge on any atom is -0.0152 e. The van der Waals surface area contributed by atoms with E-state index < -0.39 is 0 Å². The van der Waals surface area contributed by atoms with Crippen LogP contribution in [-0.2, 0) is 0 Å². The maximum atomic E-state index is 2.44. The molecule has 1 rings (SSSR count). The number of benzene rings is 1. The summed E-state index contributed by atoms with van der Waals surface area (Å²) in [6, 6.07) is 9.25. The molecular weight excluding hydrogens is 252 g/mol. The van der Waals surface area contributed by atoms with Gasteiger partial charge in [0.1, 0.15) is 0 Å². The van der Waals surface area contributed by atoms with Crippen molar-refractivity contribution < 1.29 is 0 Å². The largest absolute Gasteiger partial charge is 0.0654 e. The normalized spacial score (nSPS) is 14.2. The molecule has 0 saturated heterocycles. The summed E-state index contributed by atoms with van der Waals surface area (Å²) in [7, 11) is 0. The fourth-order valence-corrected chi connectivity index (χ4v) is 3.40. The van der Waals surface area contributed by atoms with E-state index in [1.165, 1.54) is 43.2 Å². The SMILES string of the molecule is CCCC(C)(C)CC(CC(C)(C)CC)c1ccc(C)cc1. The van der Waals surface area contributed by atoms with Crippen molar-refractivity contribution in [2.75, 3.05) is 0 Å². The Balaban J connectivity index is 2.97. The second-order valence-electron chi connectivity index (χ2n) is 8.45. The average molecular weight is 289 g/mol. The molecule has 0 amide bonds. The first-order chi connectivity index (χ1) is 9.69. The van der Waals surface area contributed by atoms with Gasteiger partial charge in [-0.3, -0.25) is 0 Å².